The largest absolute Gasteiger partial charge is 0.467 e. The summed E-state index contributed by atoms with van der Waals surface area (Å²) in [5, 5.41) is 20.6. The van der Waals surface area contributed by atoms with E-state index in [4.69, 9.17) is 4.42 Å². The molecule has 2 atom stereocenters. The van der Waals surface area contributed by atoms with Crippen molar-refractivity contribution in [2.75, 3.05) is 19.6 Å². The van der Waals surface area contributed by atoms with Gasteiger partial charge in [0.15, 0.2) is 5.96 Å². The van der Waals surface area contributed by atoms with Crippen molar-refractivity contribution in [3.8, 4) is 0 Å². The average molecular weight is 321 g/mol. The van der Waals surface area contributed by atoms with E-state index in [1.807, 2.05) is 6.92 Å². The molecule has 0 bridgehead atoms. The Morgan fingerprint density at radius 2 is 2.27 bits per heavy atom. The fourth-order valence-electron chi connectivity index (χ4n) is 2.01. The number of rotatable bonds is 7. The Balaban J connectivity index is 1.87. The molecule has 2 rings (SSSR count). The lowest BCUT2D eigenvalue weighted by molar-refractivity contribution is 0.153. The summed E-state index contributed by atoms with van der Waals surface area (Å²) in [6, 6.07) is 5.65. The number of hydrogen-bond acceptors (Lipinski definition) is 4. The minimum absolute atomic E-state index is 0.353. The van der Waals surface area contributed by atoms with Crippen molar-refractivity contribution in [1.82, 2.24) is 10.6 Å². The Hall–Kier alpha value is -1.79. The molecule has 5 nitrogen and oxygen atoms in total. The first-order valence-corrected chi connectivity index (χ1v) is 8.40. The first-order valence-electron chi connectivity index (χ1n) is 7.46. The highest BCUT2D eigenvalue weighted by Gasteiger charge is 2.11. The maximum Gasteiger partial charge on any atom is 0.191 e. The number of furan rings is 1. The minimum atomic E-state index is -0.687. The highest BCUT2D eigenvalue weighted by atomic mass is 32.1. The summed E-state index contributed by atoms with van der Waals surface area (Å²) < 4.78 is 5.19. The molecule has 0 fully saturated rings. The van der Waals surface area contributed by atoms with Gasteiger partial charge in [0.05, 0.1) is 12.8 Å². The van der Waals surface area contributed by atoms with Crippen molar-refractivity contribution in [3.63, 3.8) is 0 Å². The second-order valence-corrected chi connectivity index (χ2v) is 5.87. The Morgan fingerprint density at radius 1 is 1.41 bits per heavy atom. The monoisotopic (exact) mass is 321 g/mol. The predicted octanol–water partition coefficient (Wildman–Crippen LogP) is 2.73. The lowest BCUT2D eigenvalue weighted by Gasteiger charge is -2.15. The quantitative estimate of drug-likeness (QED) is 0.542. The first kappa shape index (κ1) is 16.6. The molecule has 0 radical (unpaired) electrons. The van der Waals surface area contributed by atoms with Crippen LogP contribution >= 0.6 is 11.3 Å². The van der Waals surface area contributed by atoms with Gasteiger partial charge < -0.3 is 20.2 Å². The van der Waals surface area contributed by atoms with Crippen molar-refractivity contribution >= 4 is 17.3 Å². The first-order chi connectivity index (χ1) is 10.7. The highest BCUT2D eigenvalue weighted by molar-refractivity contribution is 7.07. The number of nitrogens with one attached hydrogen (secondary N) is 2. The maximum absolute atomic E-state index is 10.0. The number of aliphatic imine (C=N–C) groups is 1. The van der Waals surface area contributed by atoms with E-state index in [1.165, 1.54) is 5.56 Å². The van der Waals surface area contributed by atoms with Crippen LogP contribution in [0, 0.1) is 0 Å². The topological polar surface area (TPSA) is 69.8 Å². The number of aliphatic hydroxyl groups excluding tert-OH is 1. The molecule has 0 aliphatic carbocycles. The van der Waals surface area contributed by atoms with Crippen LogP contribution in [0.15, 0.2) is 44.6 Å². The van der Waals surface area contributed by atoms with E-state index in [2.05, 4.69) is 39.4 Å². The molecule has 2 unspecified atom stereocenters. The van der Waals surface area contributed by atoms with E-state index >= 15 is 0 Å². The lowest BCUT2D eigenvalue weighted by atomic mass is 10.1. The van der Waals surface area contributed by atoms with Crippen molar-refractivity contribution in [1.29, 1.82) is 0 Å². The molecule has 2 aromatic heterocycles. The molecule has 2 aromatic rings. The SMILES string of the molecule is CCNC(=NCC(C)c1ccsc1)NCC(O)c1ccco1. The van der Waals surface area contributed by atoms with Crippen LogP contribution in [0.4, 0.5) is 0 Å². The summed E-state index contributed by atoms with van der Waals surface area (Å²) in [5.41, 5.74) is 1.31. The molecular formula is C16H23N3O2S. The molecule has 22 heavy (non-hydrogen) atoms. The Kier molecular flexibility index (Phi) is 6.48. The maximum atomic E-state index is 10.0. The Labute approximate surface area is 135 Å². The van der Waals surface area contributed by atoms with Gasteiger partial charge in [-0.2, -0.15) is 11.3 Å². The Bertz CT molecular complexity index is 552. The van der Waals surface area contributed by atoms with Crippen molar-refractivity contribution in [2.45, 2.75) is 25.9 Å². The van der Waals surface area contributed by atoms with Gasteiger partial charge in [-0.05, 0) is 41.4 Å². The molecule has 0 spiro atoms. The van der Waals surface area contributed by atoms with E-state index in [1.54, 1.807) is 29.7 Å². The summed E-state index contributed by atoms with van der Waals surface area (Å²) in [4.78, 5) is 4.58. The van der Waals surface area contributed by atoms with Crippen molar-refractivity contribution in [2.24, 2.45) is 4.99 Å². The average Bonchev–Trinajstić information content (AvgIpc) is 3.22. The van der Waals surface area contributed by atoms with Crippen LogP contribution in [0.2, 0.25) is 0 Å². The second-order valence-electron chi connectivity index (χ2n) is 5.09. The third kappa shape index (κ3) is 4.89. The van der Waals surface area contributed by atoms with Crippen LogP contribution < -0.4 is 10.6 Å². The van der Waals surface area contributed by atoms with Gasteiger partial charge in [0.1, 0.15) is 11.9 Å². The molecule has 0 aliphatic rings. The van der Waals surface area contributed by atoms with Crippen LogP contribution in [0.5, 0.6) is 0 Å². The fourth-order valence-corrected chi connectivity index (χ4v) is 2.79. The van der Waals surface area contributed by atoms with Gasteiger partial charge in [0.2, 0.25) is 0 Å². The standard InChI is InChI=1S/C16H23N3O2S/c1-3-17-16(18-9-12(2)13-6-8-22-11-13)19-10-14(20)15-5-4-7-21-15/h4-8,11-12,14,20H,3,9-10H2,1-2H3,(H2,17,18,19). The van der Waals surface area contributed by atoms with E-state index in [-0.39, 0.29) is 0 Å². The fraction of sp³-hybridized carbons (Fsp3) is 0.438. The van der Waals surface area contributed by atoms with Gasteiger partial charge in [-0.1, -0.05) is 6.92 Å². The van der Waals surface area contributed by atoms with Crippen molar-refractivity contribution in [3.05, 3.63) is 46.5 Å². The van der Waals surface area contributed by atoms with Crippen LogP contribution in [0.3, 0.4) is 0 Å². The molecule has 6 heteroatoms. The molecule has 0 amide bonds. The lowest BCUT2D eigenvalue weighted by Crippen LogP contribution is -2.39. The normalized spacial score (nSPS) is 14.6. The van der Waals surface area contributed by atoms with Crippen LogP contribution in [-0.4, -0.2) is 30.7 Å². The van der Waals surface area contributed by atoms with Crippen molar-refractivity contribution < 1.29 is 9.52 Å². The second kappa shape index (κ2) is 8.60. The number of aliphatic hydroxyl groups is 1. The van der Waals surface area contributed by atoms with Crippen LogP contribution in [-0.2, 0) is 0 Å². The molecular weight excluding hydrogens is 298 g/mol. The van der Waals surface area contributed by atoms with E-state index < -0.39 is 6.10 Å². The van der Waals surface area contributed by atoms with Gasteiger partial charge in [0.25, 0.3) is 0 Å². The van der Waals surface area contributed by atoms with Crippen LogP contribution in [0.1, 0.15) is 37.2 Å². The molecule has 120 valence electrons. The predicted molar refractivity (Wildman–Crippen MR) is 90.4 cm³/mol. The zero-order chi connectivity index (χ0) is 15.8. The summed E-state index contributed by atoms with van der Waals surface area (Å²) >= 11 is 1.70. The van der Waals surface area contributed by atoms with E-state index in [0.29, 0.717) is 30.7 Å². The molecule has 0 saturated carbocycles. The molecule has 0 aliphatic heterocycles. The van der Waals surface area contributed by atoms with Gasteiger partial charge >= 0.3 is 0 Å². The minimum Gasteiger partial charge on any atom is -0.467 e. The molecule has 0 saturated heterocycles. The molecule has 3 N–H and O–H groups in total. The highest BCUT2D eigenvalue weighted by Crippen LogP contribution is 2.18. The molecule has 0 aromatic carbocycles. The summed E-state index contributed by atoms with van der Waals surface area (Å²) in [7, 11) is 0. The summed E-state index contributed by atoms with van der Waals surface area (Å²) in [5.74, 6) is 1.63. The van der Waals surface area contributed by atoms with Crippen LogP contribution in [0.25, 0.3) is 0 Å². The smallest absolute Gasteiger partial charge is 0.191 e. The van der Waals surface area contributed by atoms with E-state index in [0.717, 1.165) is 6.54 Å². The number of nitrogens with zero attached hydrogens (tertiary/aromatic N) is 1. The van der Waals surface area contributed by atoms with Gasteiger partial charge in [-0.25, -0.2) is 0 Å². The van der Waals surface area contributed by atoms with Gasteiger partial charge in [-0.3, -0.25) is 4.99 Å². The Morgan fingerprint density at radius 3 is 2.91 bits per heavy atom. The number of hydrogen-bond donors (Lipinski definition) is 3. The molecule has 2 heterocycles. The third-order valence-electron chi connectivity index (χ3n) is 3.31. The number of thiophene rings is 1. The van der Waals surface area contributed by atoms with Gasteiger partial charge in [0, 0.05) is 19.0 Å². The van der Waals surface area contributed by atoms with Gasteiger partial charge in [-0.15, -0.1) is 0 Å². The number of guanidine groups is 1. The summed E-state index contributed by atoms with van der Waals surface area (Å²) in [6.45, 7) is 6.00. The zero-order valence-corrected chi connectivity index (χ0v) is 13.8. The summed E-state index contributed by atoms with van der Waals surface area (Å²) in [6.07, 6.45) is 0.869. The third-order valence-corrected chi connectivity index (χ3v) is 4.02. The van der Waals surface area contributed by atoms with E-state index in [9.17, 15) is 5.11 Å². The zero-order valence-electron chi connectivity index (χ0n) is 13.0.